The van der Waals surface area contributed by atoms with Gasteiger partial charge in [-0.1, -0.05) is 30.3 Å². The van der Waals surface area contributed by atoms with Crippen LogP contribution >= 0.6 is 11.3 Å². The largest absolute Gasteiger partial charge is 0.357 e. The van der Waals surface area contributed by atoms with Crippen LogP contribution < -0.4 is 16.4 Å². The Hall–Kier alpha value is -2.84. The van der Waals surface area contributed by atoms with E-state index >= 15 is 0 Å². The summed E-state index contributed by atoms with van der Waals surface area (Å²) >= 11 is 1.29. The lowest BCUT2D eigenvalue weighted by Gasteiger charge is -2.12. The van der Waals surface area contributed by atoms with Crippen LogP contribution in [0.1, 0.15) is 15.2 Å². The minimum atomic E-state index is -0.180. The fourth-order valence-electron chi connectivity index (χ4n) is 2.40. The van der Waals surface area contributed by atoms with Crippen LogP contribution in [0.3, 0.4) is 0 Å². The zero-order chi connectivity index (χ0) is 18.4. The molecule has 1 atom stereocenters. The minimum absolute atomic E-state index is 0.145. The summed E-state index contributed by atoms with van der Waals surface area (Å²) < 4.78 is 0. The number of benzene rings is 1. The Morgan fingerprint density at radius 2 is 2.04 bits per heavy atom. The molecule has 2 heterocycles. The van der Waals surface area contributed by atoms with Gasteiger partial charge in [0, 0.05) is 25.8 Å². The van der Waals surface area contributed by atoms with Crippen molar-refractivity contribution in [1.82, 2.24) is 20.3 Å². The molecule has 1 amide bonds. The average Bonchev–Trinajstić information content (AvgIpc) is 3.17. The van der Waals surface area contributed by atoms with Crippen LogP contribution in [0.4, 0.5) is 5.95 Å². The van der Waals surface area contributed by atoms with Crippen LogP contribution in [-0.2, 0) is 6.42 Å². The van der Waals surface area contributed by atoms with Crippen LogP contribution in [0.25, 0.3) is 10.7 Å². The molecule has 26 heavy (non-hydrogen) atoms. The Morgan fingerprint density at radius 3 is 2.81 bits per heavy atom. The number of carbonyl (C=O) groups is 1. The van der Waals surface area contributed by atoms with Crippen molar-refractivity contribution in [3.63, 3.8) is 0 Å². The molecule has 3 rings (SSSR count). The summed E-state index contributed by atoms with van der Waals surface area (Å²) in [6.07, 6.45) is 3.92. The van der Waals surface area contributed by atoms with Gasteiger partial charge in [-0.2, -0.15) is 0 Å². The summed E-state index contributed by atoms with van der Waals surface area (Å²) in [5.74, 6) is 0.329. The number of hydrogen-bond donors (Lipinski definition) is 3. The second-order valence-electron chi connectivity index (χ2n) is 5.70. The Morgan fingerprint density at radius 1 is 1.23 bits per heavy atom. The Balaban J connectivity index is 1.57. The number of hydrogen-bond acceptors (Lipinski definition) is 7. The van der Waals surface area contributed by atoms with E-state index in [4.69, 9.17) is 5.73 Å². The highest BCUT2D eigenvalue weighted by Gasteiger charge is 2.14. The molecule has 3 aromatic rings. The molecule has 0 aliphatic rings. The van der Waals surface area contributed by atoms with Crippen LogP contribution in [0.2, 0.25) is 0 Å². The summed E-state index contributed by atoms with van der Waals surface area (Å²) in [7, 11) is 1.75. The third kappa shape index (κ3) is 4.62. The molecule has 0 radical (unpaired) electrons. The predicted octanol–water partition coefficient (Wildman–Crippen LogP) is 1.94. The summed E-state index contributed by atoms with van der Waals surface area (Å²) in [4.78, 5) is 25.5. The monoisotopic (exact) mass is 368 g/mol. The Bertz CT molecular complexity index is 867. The summed E-state index contributed by atoms with van der Waals surface area (Å²) in [6, 6.07) is 11.6. The topological polar surface area (TPSA) is 106 Å². The molecule has 0 bridgehead atoms. The first-order valence-corrected chi connectivity index (χ1v) is 9.02. The zero-order valence-electron chi connectivity index (χ0n) is 14.3. The number of carbonyl (C=O) groups excluding carboxylic acids is 1. The first-order valence-electron chi connectivity index (χ1n) is 8.20. The number of nitrogens with two attached hydrogens (primary N) is 1. The van der Waals surface area contributed by atoms with E-state index in [2.05, 4.69) is 25.6 Å². The van der Waals surface area contributed by atoms with E-state index in [9.17, 15) is 4.79 Å². The van der Waals surface area contributed by atoms with Crippen LogP contribution in [0.5, 0.6) is 0 Å². The van der Waals surface area contributed by atoms with E-state index in [1.54, 1.807) is 25.5 Å². The van der Waals surface area contributed by atoms with Crippen molar-refractivity contribution >= 4 is 23.2 Å². The van der Waals surface area contributed by atoms with Crippen molar-refractivity contribution in [3.8, 4) is 10.7 Å². The van der Waals surface area contributed by atoms with Gasteiger partial charge in [-0.3, -0.25) is 4.79 Å². The molecule has 134 valence electrons. The van der Waals surface area contributed by atoms with E-state index < -0.39 is 0 Å². The molecule has 0 aliphatic carbocycles. The van der Waals surface area contributed by atoms with Gasteiger partial charge in [0.25, 0.3) is 5.91 Å². The quantitative estimate of drug-likeness (QED) is 0.588. The molecule has 7 nitrogen and oxygen atoms in total. The molecule has 0 spiro atoms. The van der Waals surface area contributed by atoms with Gasteiger partial charge in [0.05, 0.1) is 6.20 Å². The summed E-state index contributed by atoms with van der Waals surface area (Å²) in [5.41, 5.74) is 7.94. The van der Waals surface area contributed by atoms with Gasteiger partial charge in [-0.15, -0.1) is 11.3 Å². The SMILES string of the molecule is CNc1nccc(-c2ncc(C(=O)NC[C@@H](N)Cc3ccccc3)s2)n1. The highest BCUT2D eigenvalue weighted by atomic mass is 32.1. The number of aromatic nitrogens is 3. The number of anilines is 1. The van der Waals surface area contributed by atoms with Crippen molar-refractivity contribution < 1.29 is 4.79 Å². The lowest BCUT2D eigenvalue weighted by molar-refractivity contribution is 0.0955. The Labute approximate surface area is 155 Å². The first kappa shape index (κ1) is 18.0. The highest BCUT2D eigenvalue weighted by Crippen LogP contribution is 2.23. The predicted molar refractivity (Wildman–Crippen MR) is 103 cm³/mol. The van der Waals surface area contributed by atoms with Gasteiger partial charge in [0.2, 0.25) is 5.95 Å². The standard InChI is InChI=1S/C18H20N6OS/c1-20-18-21-8-7-14(24-18)17-23-11-15(26-17)16(25)22-10-13(19)9-12-5-3-2-4-6-12/h2-8,11,13H,9-10,19H2,1H3,(H,22,25)(H,20,21,24)/t13-/m0/s1. The molecule has 0 fully saturated rings. The smallest absolute Gasteiger partial charge is 0.263 e. The molecule has 2 aromatic heterocycles. The first-order chi connectivity index (χ1) is 12.7. The van der Waals surface area contributed by atoms with Gasteiger partial charge in [0.1, 0.15) is 15.6 Å². The van der Waals surface area contributed by atoms with Gasteiger partial charge >= 0.3 is 0 Å². The lowest BCUT2D eigenvalue weighted by atomic mass is 10.1. The maximum Gasteiger partial charge on any atom is 0.263 e. The Kier molecular flexibility index (Phi) is 5.88. The van der Waals surface area contributed by atoms with E-state index in [0.717, 1.165) is 5.56 Å². The summed E-state index contributed by atoms with van der Waals surface area (Å²) in [6.45, 7) is 0.401. The molecule has 0 aliphatic heterocycles. The number of amides is 1. The molecule has 4 N–H and O–H groups in total. The maximum absolute atomic E-state index is 12.3. The fraction of sp³-hybridized carbons (Fsp3) is 0.222. The van der Waals surface area contributed by atoms with Crippen molar-refractivity contribution in [2.45, 2.75) is 12.5 Å². The second-order valence-corrected chi connectivity index (χ2v) is 6.74. The van der Waals surface area contributed by atoms with E-state index in [0.29, 0.717) is 34.5 Å². The molecule has 8 heteroatoms. The van der Waals surface area contributed by atoms with E-state index in [1.165, 1.54) is 11.3 Å². The third-order valence-electron chi connectivity index (χ3n) is 3.69. The number of nitrogens with one attached hydrogen (secondary N) is 2. The van der Waals surface area contributed by atoms with Gasteiger partial charge in [0.15, 0.2) is 0 Å². The van der Waals surface area contributed by atoms with Gasteiger partial charge < -0.3 is 16.4 Å². The molecule has 0 saturated heterocycles. The summed E-state index contributed by atoms with van der Waals surface area (Å²) in [5, 5.41) is 6.42. The average molecular weight is 368 g/mol. The van der Waals surface area contributed by atoms with Crippen molar-refractivity contribution in [3.05, 3.63) is 59.2 Å². The van der Waals surface area contributed by atoms with Crippen molar-refractivity contribution in [1.29, 1.82) is 0 Å². The van der Waals surface area contributed by atoms with Crippen LogP contribution in [0.15, 0.2) is 48.8 Å². The molecule has 1 aromatic carbocycles. The van der Waals surface area contributed by atoms with Crippen LogP contribution in [0, 0.1) is 0 Å². The van der Waals surface area contributed by atoms with Gasteiger partial charge in [-0.05, 0) is 18.1 Å². The molecular formula is C18H20N6OS. The molecular weight excluding hydrogens is 348 g/mol. The minimum Gasteiger partial charge on any atom is -0.357 e. The lowest BCUT2D eigenvalue weighted by Crippen LogP contribution is -2.38. The number of rotatable bonds is 7. The van der Waals surface area contributed by atoms with Crippen molar-refractivity contribution in [2.75, 3.05) is 18.9 Å². The van der Waals surface area contributed by atoms with Crippen molar-refractivity contribution in [2.24, 2.45) is 5.73 Å². The van der Waals surface area contributed by atoms with E-state index in [-0.39, 0.29) is 11.9 Å². The zero-order valence-corrected chi connectivity index (χ0v) is 15.2. The second kappa shape index (κ2) is 8.50. The van der Waals surface area contributed by atoms with E-state index in [1.807, 2.05) is 30.3 Å². The highest BCUT2D eigenvalue weighted by molar-refractivity contribution is 7.16. The molecule has 0 saturated carbocycles. The van der Waals surface area contributed by atoms with Gasteiger partial charge in [-0.25, -0.2) is 15.0 Å². The number of nitrogens with zero attached hydrogens (tertiary/aromatic N) is 3. The third-order valence-corrected chi connectivity index (χ3v) is 4.71. The number of thiazole rings is 1. The fourth-order valence-corrected chi connectivity index (χ4v) is 3.20. The molecule has 0 unspecified atom stereocenters. The van der Waals surface area contributed by atoms with Crippen LogP contribution in [-0.4, -0.2) is 40.5 Å². The normalized spacial score (nSPS) is 11.8. The maximum atomic E-state index is 12.3.